The molecule has 0 amide bonds. The van der Waals surface area contributed by atoms with Crippen molar-refractivity contribution in [3.05, 3.63) is 16.6 Å². The molecule has 146 valence electrons. The minimum Gasteiger partial charge on any atom is -0.354 e. The van der Waals surface area contributed by atoms with Crippen molar-refractivity contribution in [2.75, 3.05) is 40.3 Å². The molecule has 12 heteroatoms. The Balaban J connectivity index is 2.13. The fourth-order valence-electron chi connectivity index (χ4n) is 1.95. The monoisotopic (exact) mass is 391 g/mol. The zero-order valence-electron chi connectivity index (χ0n) is 15.5. The largest absolute Gasteiger partial charge is 0.354 e. The molecule has 0 bridgehead atoms. The first-order valence-electron chi connectivity index (χ1n) is 8.30. The van der Waals surface area contributed by atoms with Gasteiger partial charge >= 0.3 is 0 Å². The van der Waals surface area contributed by atoms with Gasteiger partial charge in [-0.1, -0.05) is 0 Å². The predicted octanol–water partition coefficient (Wildman–Crippen LogP) is -1.39. The summed E-state index contributed by atoms with van der Waals surface area (Å²) in [6.07, 6.45) is 3.65. The smallest absolute Gasteiger partial charge is 0.204 e. The molecule has 0 radical (unpaired) electrons. The SMILES string of the molecule is CN=C(NC#N)NCCNCc1cc(CNCCNC(=NC)NC#N)sn1. The maximum Gasteiger partial charge on any atom is 0.204 e. The van der Waals surface area contributed by atoms with Crippen LogP contribution in [0.15, 0.2) is 16.1 Å². The number of rotatable bonds is 10. The maximum absolute atomic E-state index is 8.54. The Morgan fingerprint density at radius 1 is 0.963 bits per heavy atom. The van der Waals surface area contributed by atoms with Crippen LogP contribution >= 0.6 is 11.5 Å². The summed E-state index contributed by atoms with van der Waals surface area (Å²) in [5.74, 6) is 0.914. The molecule has 0 fully saturated rings. The van der Waals surface area contributed by atoms with E-state index in [0.717, 1.165) is 30.2 Å². The number of guanidine groups is 2. The van der Waals surface area contributed by atoms with Crippen molar-refractivity contribution in [1.82, 2.24) is 36.3 Å². The lowest BCUT2D eigenvalue weighted by molar-refractivity contribution is 0.659. The van der Waals surface area contributed by atoms with E-state index in [-0.39, 0.29) is 0 Å². The molecule has 11 nitrogen and oxygen atoms in total. The third kappa shape index (κ3) is 9.96. The predicted molar refractivity (Wildman–Crippen MR) is 106 cm³/mol. The van der Waals surface area contributed by atoms with Gasteiger partial charge in [0, 0.05) is 58.2 Å². The van der Waals surface area contributed by atoms with Crippen LogP contribution in [-0.4, -0.2) is 56.6 Å². The summed E-state index contributed by atoms with van der Waals surface area (Å²) in [6.45, 7) is 4.19. The average molecular weight is 392 g/mol. The molecule has 1 aromatic heterocycles. The highest BCUT2D eigenvalue weighted by molar-refractivity contribution is 7.05. The first-order valence-corrected chi connectivity index (χ1v) is 9.08. The Labute approximate surface area is 163 Å². The average Bonchev–Trinajstić information content (AvgIpc) is 3.13. The van der Waals surface area contributed by atoms with Crippen molar-refractivity contribution < 1.29 is 0 Å². The standard InChI is InChI=1S/C15H25N11S/c1-18-14(24-10-16)22-5-3-20-8-12-7-13(27-26-12)9-21-4-6-23-15(19-2)25-11-17/h7,20-21H,3-6,8-9H2,1-2H3,(H2,18,22,24)(H2,19,23,25). The first kappa shape index (κ1) is 22.1. The summed E-state index contributed by atoms with van der Waals surface area (Å²) in [5.41, 5.74) is 0.994. The highest BCUT2D eigenvalue weighted by Gasteiger charge is 2.02. The second-order valence-corrected chi connectivity index (χ2v) is 6.00. The van der Waals surface area contributed by atoms with E-state index in [1.54, 1.807) is 14.1 Å². The van der Waals surface area contributed by atoms with Gasteiger partial charge in [0.25, 0.3) is 0 Å². The van der Waals surface area contributed by atoms with E-state index in [1.807, 2.05) is 12.4 Å². The van der Waals surface area contributed by atoms with Crippen molar-refractivity contribution in [1.29, 1.82) is 10.5 Å². The highest BCUT2D eigenvalue weighted by Crippen LogP contribution is 2.09. The van der Waals surface area contributed by atoms with Crippen LogP contribution in [0.2, 0.25) is 0 Å². The van der Waals surface area contributed by atoms with Crippen LogP contribution in [-0.2, 0) is 13.1 Å². The molecule has 27 heavy (non-hydrogen) atoms. The Bertz CT molecular complexity index is 626. The molecule has 0 saturated heterocycles. The van der Waals surface area contributed by atoms with Crippen molar-refractivity contribution >= 4 is 23.5 Å². The van der Waals surface area contributed by atoms with Gasteiger partial charge in [0.05, 0.1) is 5.69 Å². The van der Waals surface area contributed by atoms with E-state index in [4.69, 9.17) is 10.5 Å². The van der Waals surface area contributed by atoms with Gasteiger partial charge in [-0.05, 0) is 17.6 Å². The number of hydrogen-bond acceptors (Lipinski definition) is 8. The molecular formula is C15H25N11S. The molecule has 1 heterocycles. The Morgan fingerprint density at radius 3 is 2.04 bits per heavy atom. The van der Waals surface area contributed by atoms with Gasteiger partial charge in [0.1, 0.15) is 0 Å². The van der Waals surface area contributed by atoms with E-state index in [9.17, 15) is 0 Å². The fourth-order valence-corrected chi connectivity index (χ4v) is 2.66. The molecular weight excluding hydrogens is 366 g/mol. The normalized spacial score (nSPS) is 11.4. The number of nitrogens with zero attached hydrogens (tertiary/aromatic N) is 5. The zero-order valence-corrected chi connectivity index (χ0v) is 16.3. The molecule has 0 unspecified atom stereocenters. The molecule has 0 aromatic carbocycles. The van der Waals surface area contributed by atoms with Crippen molar-refractivity contribution in [3.63, 3.8) is 0 Å². The van der Waals surface area contributed by atoms with Gasteiger partial charge < -0.3 is 21.3 Å². The van der Waals surface area contributed by atoms with Crippen molar-refractivity contribution in [2.24, 2.45) is 9.98 Å². The lowest BCUT2D eigenvalue weighted by Crippen LogP contribution is -2.38. The van der Waals surface area contributed by atoms with Gasteiger partial charge in [-0.2, -0.15) is 14.9 Å². The third-order valence-electron chi connectivity index (χ3n) is 3.20. The van der Waals surface area contributed by atoms with Gasteiger partial charge in [0.15, 0.2) is 12.4 Å². The van der Waals surface area contributed by atoms with E-state index in [2.05, 4.69) is 52.3 Å². The summed E-state index contributed by atoms with van der Waals surface area (Å²) in [7, 11) is 3.23. The summed E-state index contributed by atoms with van der Waals surface area (Å²) in [6, 6.07) is 2.07. The topological polar surface area (TPSA) is 157 Å². The lowest BCUT2D eigenvalue weighted by Gasteiger charge is -2.07. The van der Waals surface area contributed by atoms with Crippen LogP contribution in [0.25, 0.3) is 0 Å². The molecule has 6 N–H and O–H groups in total. The summed E-state index contributed by atoms with van der Waals surface area (Å²) < 4.78 is 4.42. The molecule has 0 aliphatic rings. The van der Waals surface area contributed by atoms with Crippen LogP contribution in [0.4, 0.5) is 0 Å². The maximum atomic E-state index is 8.54. The second kappa shape index (κ2) is 14.3. The summed E-state index contributed by atoms with van der Waals surface area (Å²) in [4.78, 5) is 8.96. The highest BCUT2D eigenvalue weighted by atomic mass is 32.1. The molecule has 0 aliphatic carbocycles. The molecule has 0 saturated carbocycles. The number of aromatic nitrogens is 1. The fraction of sp³-hybridized carbons (Fsp3) is 0.533. The van der Waals surface area contributed by atoms with Gasteiger partial charge in [-0.15, -0.1) is 0 Å². The second-order valence-electron chi connectivity index (χ2n) is 5.11. The Kier molecular flexibility index (Phi) is 11.7. The lowest BCUT2D eigenvalue weighted by atomic mass is 10.3. The van der Waals surface area contributed by atoms with Crippen LogP contribution in [0, 0.1) is 22.9 Å². The van der Waals surface area contributed by atoms with Crippen molar-refractivity contribution in [2.45, 2.75) is 13.1 Å². The number of aliphatic imine (C=N–C) groups is 2. The third-order valence-corrected chi connectivity index (χ3v) is 4.02. The van der Waals surface area contributed by atoms with Gasteiger partial charge in [0.2, 0.25) is 11.9 Å². The summed E-state index contributed by atoms with van der Waals surface area (Å²) in [5, 5.41) is 34.6. The van der Waals surface area contributed by atoms with E-state index in [1.165, 1.54) is 11.5 Å². The Hall–Kier alpha value is -2.93. The number of hydrogen-bond donors (Lipinski definition) is 6. The molecule has 1 rings (SSSR count). The van der Waals surface area contributed by atoms with Crippen LogP contribution < -0.4 is 31.9 Å². The molecule has 0 spiro atoms. The van der Waals surface area contributed by atoms with Crippen LogP contribution in [0.5, 0.6) is 0 Å². The van der Waals surface area contributed by atoms with E-state index < -0.39 is 0 Å². The Morgan fingerprint density at radius 2 is 1.52 bits per heavy atom. The summed E-state index contributed by atoms with van der Waals surface area (Å²) >= 11 is 1.47. The molecule has 0 atom stereocenters. The van der Waals surface area contributed by atoms with Gasteiger partial charge in [-0.3, -0.25) is 20.6 Å². The molecule has 1 aromatic rings. The quantitative estimate of drug-likeness (QED) is 0.0929. The van der Waals surface area contributed by atoms with E-state index in [0.29, 0.717) is 31.6 Å². The minimum atomic E-state index is 0.455. The first-order chi connectivity index (χ1) is 13.2. The van der Waals surface area contributed by atoms with Crippen molar-refractivity contribution in [3.8, 4) is 12.4 Å². The number of nitrogens with one attached hydrogen (secondary N) is 6. The van der Waals surface area contributed by atoms with Gasteiger partial charge in [-0.25, -0.2) is 0 Å². The minimum absolute atomic E-state index is 0.455. The van der Waals surface area contributed by atoms with Crippen LogP contribution in [0.1, 0.15) is 10.6 Å². The zero-order chi connectivity index (χ0) is 19.7. The van der Waals surface area contributed by atoms with Crippen LogP contribution in [0.3, 0.4) is 0 Å². The molecule has 0 aliphatic heterocycles. The van der Waals surface area contributed by atoms with E-state index >= 15 is 0 Å². The number of nitriles is 2.